The van der Waals surface area contributed by atoms with E-state index in [9.17, 15) is 9.50 Å². The van der Waals surface area contributed by atoms with Crippen LogP contribution in [0.15, 0.2) is 30.5 Å². The van der Waals surface area contributed by atoms with Crippen LogP contribution < -0.4 is 0 Å². The summed E-state index contributed by atoms with van der Waals surface area (Å²) >= 11 is 0. The molecular formula is C14H15FN2O. The quantitative estimate of drug-likeness (QED) is 0.883. The average Bonchev–Trinajstić information content (AvgIpc) is 2.77. The van der Waals surface area contributed by atoms with Crippen LogP contribution in [0.1, 0.15) is 36.2 Å². The van der Waals surface area contributed by atoms with Crippen molar-refractivity contribution < 1.29 is 9.50 Å². The molecule has 1 atom stereocenters. The molecule has 0 spiro atoms. The minimum Gasteiger partial charge on any atom is -0.373 e. The molecule has 1 unspecified atom stereocenters. The number of rotatable bonds is 2. The Hall–Kier alpha value is -1.68. The van der Waals surface area contributed by atoms with Crippen LogP contribution >= 0.6 is 0 Å². The summed E-state index contributed by atoms with van der Waals surface area (Å²) in [6, 6.07) is 6.41. The Morgan fingerprint density at radius 3 is 2.89 bits per heavy atom. The summed E-state index contributed by atoms with van der Waals surface area (Å²) in [5.41, 5.74) is 2.09. The monoisotopic (exact) mass is 246 g/mol. The van der Waals surface area contributed by atoms with E-state index in [4.69, 9.17) is 0 Å². The van der Waals surface area contributed by atoms with E-state index in [0.717, 1.165) is 36.3 Å². The van der Waals surface area contributed by atoms with Gasteiger partial charge in [0.1, 0.15) is 17.9 Å². The third kappa shape index (κ3) is 2.04. The molecule has 3 nitrogen and oxygen atoms in total. The van der Waals surface area contributed by atoms with E-state index in [1.54, 1.807) is 12.1 Å². The van der Waals surface area contributed by atoms with Crippen molar-refractivity contribution in [2.75, 3.05) is 0 Å². The van der Waals surface area contributed by atoms with Gasteiger partial charge in [-0.2, -0.15) is 0 Å². The third-order valence-corrected chi connectivity index (χ3v) is 3.42. The Kier molecular flexibility index (Phi) is 2.88. The van der Waals surface area contributed by atoms with E-state index in [-0.39, 0.29) is 5.82 Å². The number of aromatic nitrogens is 2. The number of aryl methyl sites for hydroxylation is 1. The van der Waals surface area contributed by atoms with Crippen molar-refractivity contribution in [1.29, 1.82) is 0 Å². The molecule has 2 heterocycles. The molecule has 1 aromatic carbocycles. The molecule has 1 N–H and O–H groups in total. The standard InChI is InChI=1S/C14H15FN2O/c15-11-6-4-10(5-7-11)8-13-16-9-12-2-1-3-14(18)17(12)13/h4-7,9,14,18H,1-3,8H2. The molecule has 0 saturated heterocycles. The van der Waals surface area contributed by atoms with E-state index in [1.165, 1.54) is 12.1 Å². The minimum absolute atomic E-state index is 0.232. The van der Waals surface area contributed by atoms with Crippen molar-refractivity contribution in [3.05, 3.63) is 53.4 Å². The molecule has 94 valence electrons. The summed E-state index contributed by atoms with van der Waals surface area (Å²) in [5, 5.41) is 10.0. The van der Waals surface area contributed by atoms with E-state index < -0.39 is 6.23 Å². The van der Waals surface area contributed by atoms with Gasteiger partial charge in [-0.1, -0.05) is 12.1 Å². The van der Waals surface area contributed by atoms with Gasteiger partial charge < -0.3 is 9.67 Å². The van der Waals surface area contributed by atoms with Gasteiger partial charge in [0, 0.05) is 18.3 Å². The normalized spacial score (nSPS) is 18.7. The molecule has 1 aliphatic rings. The number of nitrogens with zero attached hydrogens (tertiary/aromatic N) is 2. The van der Waals surface area contributed by atoms with E-state index >= 15 is 0 Å². The first-order chi connectivity index (χ1) is 8.74. The van der Waals surface area contributed by atoms with Gasteiger partial charge in [-0.05, 0) is 37.0 Å². The number of hydrogen-bond acceptors (Lipinski definition) is 2. The van der Waals surface area contributed by atoms with Crippen molar-refractivity contribution in [3.8, 4) is 0 Å². The molecule has 18 heavy (non-hydrogen) atoms. The van der Waals surface area contributed by atoms with Crippen LogP contribution in [-0.2, 0) is 12.8 Å². The summed E-state index contributed by atoms with van der Waals surface area (Å²) in [6.07, 6.45) is 4.74. The second kappa shape index (κ2) is 4.53. The molecule has 0 radical (unpaired) electrons. The molecule has 0 amide bonds. The summed E-state index contributed by atoms with van der Waals surface area (Å²) in [7, 11) is 0. The van der Waals surface area contributed by atoms with Crippen molar-refractivity contribution in [3.63, 3.8) is 0 Å². The van der Waals surface area contributed by atoms with Crippen molar-refractivity contribution in [2.24, 2.45) is 0 Å². The van der Waals surface area contributed by atoms with Crippen LogP contribution in [0.4, 0.5) is 4.39 Å². The Labute approximate surface area is 105 Å². The number of aliphatic hydroxyl groups excluding tert-OH is 1. The summed E-state index contributed by atoms with van der Waals surface area (Å²) < 4.78 is 14.7. The molecule has 0 bridgehead atoms. The fourth-order valence-electron chi connectivity index (χ4n) is 2.50. The van der Waals surface area contributed by atoms with Crippen molar-refractivity contribution in [2.45, 2.75) is 31.9 Å². The highest BCUT2D eigenvalue weighted by Crippen LogP contribution is 2.25. The number of halogens is 1. The Morgan fingerprint density at radius 1 is 1.33 bits per heavy atom. The van der Waals surface area contributed by atoms with E-state index in [2.05, 4.69) is 4.98 Å². The highest BCUT2D eigenvalue weighted by Gasteiger charge is 2.20. The first-order valence-corrected chi connectivity index (χ1v) is 6.21. The molecule has 2 aromatic rings. The number of fused-ring (bicyclic) bond motifs is 1. The lowest BCUT2D eigenvalue weighted by atomic mass is 10.1. The Bertz CT molecular complexity index is 547. The number of imidazole rings is 1. The topological polar surface area (TPSA) is 38.1 Å². The molecule has 3 rings (SSSR count). The number of hydrogen-bond donors (Lipinski definition) is 1. The maximum atomic E-state index is 12.8. The zero-order chi connectivity index (χ0) is 12.5. The fraction of sp³-hybridized carbons (Fsp3) is 0.357. The predicted molar refractivity (Wildman–Crippen MR) is 65.6 cm³/mol. The number of benzene rings is 1. The first kappa shape index (κ1) is 11.4. The zero-order valence-corrected chi connectivity index (χ0v) is 10.0. The van der Waals surface area contributed by atoms with Crippen LogP contribution in [0.5, 0.6) is 0 Å². The second-order valence-electron chi connectivity index (χ2n) is 4.71. The first-order valence-electron chi connectivity index (χ1n) is 6.21. The summed E-state index contributed by atoms with van der Waals surface area (Å²) in [5.74, 6) is 0.618. The summed E-state index contributed by atoms with van der Waals surface area (Å²) in [6.45, 7) is 0. The number of aliphatic hydroxyl groups is 1. The molecule has 0 saturated carbocycles. The second-order valence-corrected chi connectivity index (χ2v) is 4.71. The summed E-state index contributed by atoms with van der Waals surface area (Å²) in [4.78, 5) is 4.38. The fourth-order valence-corrected chi connectivity index (χ4v) is 2.50. The van der Waals surface area contributed by atoms with Gasteiger partial charge in [0.2, 0.25) is 0 Å². The minimum atomic E-state index is -0.466. The van der Waals surface area contributed by atoms with Crippen molar-refractivity contribution in [1.82, 2.24) is 9.55 Å². The highest BCUT2D eigenvalue weighted by atomic mass is 19.1. The predicted octanol–water partition coefficient (Wildman–Crippen LogP) is 2.44. The average molecular weight is 246 g/mol. The van der Waals surface area contributed by atoms with Crippen LogP contribution in [0, 0.1) is 5.82 Å². The van der Waals surface area contributed by atoms with Gasteiger partial charge >= 0.3 is 0 Å². The van der Waals surface area contributed by atoms with Crippen LogP contribution in [0.2, 0.25) is 0 Å². The van der Waals surface area contributed by atoms with Gasteiger partial charge in [-0.3, -0.25) is 0 Å². The lowest BCUT2D eigenvalue weighted by Gasteiger charge is -2.22. The van der Waals surface area contributed by atoms with Gasteiger partial charge in [0.15, 0.2) is 0 Å². The zero-order valence-electron chi connectivity index (χ0n) is 10.0. The van der Waals surface area contributed by atoms with Gasteiger partial charge in [0.25, 0.3) is 0 Å². The Morgan fingerprint density at radius 2 is 2.11 bits per heavy atom. The maximum Gasteiger partial charge on any atom is 0.132 e. The molecular weight excluding hydrogens is 231 g/mol. The van der Waals surface area contributed by atoms with Gasteiger partial charge in [-0.15, -0.1) is 0 Å². The maximum absolute atomic E-state index is 12.8. The molecule has 1 aliphatic heterocycles. The van der Waals surface area contributed by atoms with Gasteiger partial charge in [0.05, 0.1) is 0 Å². The lowest BCUT2D eigenvalue weighted by Crippen LogP contribution is -2.19. The third-order valence-electron chi connectivity index (χ3n) is 3.42. The van der Waals surface area contributed by atoms with Crippen LogP contribution in [-0.4, -0.2) is 14.7 Å². The molecule has 0 fully saturated rings. The lowest BCUT2D eigenvalue weighted by molar-refractivity contribution is 0.0762. The smallest absolute Gasteiger partial charge is 0.132 e. The molecule has 1 aromatic heterocycles. The Balaban J connectivity index is 1.89. The van der Waals surface area contributed by atoms with Gasteiger partial charge in [-0.25, -0.2) is 9.37 Å². The molecule has 0 aliphatic carbocycles. The largest absolute Gasteiger partial charge is 0.373 e. The van der Waals surface area contributed by atoms with E-state index in [1.807, 2.05) is 10.8 Å². The SMILES string of the molecule is OC1CCCc2cnc(Cc3ccc(F)cc3)n21. The molecule has 4 heteroatoms. The van der Waals surface area contributed by atoms with Crippen LogP contribution in [0.25, 0.3) is 0 Å². The van der Waals surface area contributed by atoms with Crippen molar-refractivity contribution >= 4 is 0 Å². The van der Waals surface area contributed by atoms with Crippen LogP contribution in [0.3, 0.4) is 0 Å². The highest BCUT2D eigenvalue weighted by molar-refractivity contribution is 5.22. The van der Waals surface area contributed by atoms with E-state index in [0.29, 0.717) is 6.42 Å².